The Morgan fingerprint density at radius 2 is 2.05 bits per heavy atom. The second-order valence-corrected chi connectivity index (χ2v) is 6.99. The molecule has 4 aliphatic rings. The average Bonchev–Trinajstić information content (AvgIpc) is 2.71. The average molecular weight is 347 g/mol. The van der Waals surface area contributed by atoms with E-state index in [4.69, 9.17) is 22.1 Å². The van der Waals surface area contributed by atoms with Crippen molar-refractivity contribution in [2.75, 3.05) is 6.54 Å². The number of hydrogen-bond acceptors (Lipinski definition) is 3. The van der Waals surface area contributed by atoms with Crippen LogP contribution in [0.25, 0.3) is 0 Å². The normalized spacial score (nSPS) is 35.5. The van der Waals surface area contributed by atoms with Crippen molar-refractivity contribution in [1.29, 1.82) is 0 Å². The summed E-state index contributed by atoms with van der Waals surface area (Å²) in [5.74, 6) is -0.210. The minimum Gasteiger partial charge on any atom is -0.480 e. The first-order chi connectivity index (χ1) is 9.91. The van der Waals surface area contributed by atoms with Crippen LogP contribution in [-0.4, -0.2) is 34.5 Å². The van der Waals surface area contributed by atoms with Crippen molar-refractivity contribution >= 4 is 29.9 Å². The molecule has 3 saturated carbocycles. The predicted molar refractivity (Wildman–Crippen MR) is 82.9 cm³/mol. The lowest BCUT2D eigenvalue weighted by Gasteiger charge is -2.71. The molecule has 2 N–H and O–H groups in total. The van der Waals surface area contributed by atoms with Crippen molar-refractivity contribution in [3.8, 4) is 5.75 Å². The molecule has 4 fully saturated rings. The van der Waals surface area contributed by atoms with Crippen LogP contribution in [0.4, 0.5) is 4.39 Å². The molecule has 22 heavy (non-hydrogen) atoms. The maximum atomic E-state index is 13.4. The van der Waals surface area contributed by atoms with E-state index in [2.05, 4.69) is 0 Å². The third-order valence-corrected chi connectivity index (χ3v) is 5.25. The van der Waals surface area contributed by atoms with E-state index >= 15 is 0 Å². The summed E-state index contributed by atoms with van der Waals surface area (Å²) >= 11 is 5.64. The minimum atomic E-state index is -0.541. The molecule has 1 amide bonds. The fraction of sp³-hybridized carbons (Fsp3) is 0.533. The molecule has 5 rings (SSSR count). The molecule has 1 aromatic rings. The molecule has 3 aliphatic carbocycles. The summed E-state index contributed by atoms with van der Waals surface area (Å²) in [7, 11) is 0. The standard InChI is InChI=1S/C15H16ClFN2O2.ClH/c16-10-2-1-9(5-11(10)17)21-12-3-4-19(13(12)20)15-6-14(18,7-15)8-15;/h1-2,5,12H,3-4,6-8,18H2;1H. The molecule has 1 aromatic carbocycles. The molecular weight excluding hydrogens is 330 g/mol. The van der Waals surface area contributed by atoms with Gasteiger partial charge in [-0.1, -0.05) is 11.6 Å². The molecule has 0 radical (unpaired) electrons. The summed E-state index contributed by atoms with van der Waals surface area (Å²) in [4.78, 5) is 14.4. The van der Waals surface area contributed by atoms with Gasteiger partial charge in [-0.3, -0.25) is 4.79 Å². The second kappa shape index (κ2) is 4.98. The van der Waals surface area contributed by atoms with Crippen LogP contribution in [0.15, 0.2) is 18.2 Å². The molecule has 120 valence electrons. The summed E-state index contributed by atoms with van der Waals surface area (Å²) in [5, 5.41) is 0.0452. The number of rotatable bonds is 3. The topological polar surface area (TPSA) is 55.6 Å². The SMILES string of the molecule is Cl.NC12CC(N3CCC(Oc4ccc(Cl)c(F)c4)C3=O)(C1)C2. The van der Waals surface area contributed by atoms with Gasteiger partial charge in [0.15, 0.2) is 6.10 Å². The lowest BCUT2D eigenvalue weighted by Crippen LogP contribution is -2.82. The zero-order valence-corrected chi connectivity index (χ0v) is 13.4. The van der Waals surface area contributed by atoms with Crippen LogP contribution in [-0.2, 0) is 4.79 Å². The summed E-state index contributed by atoms with van der Waals surface area (Å²) in [6, 6.07) is 4.23. The first-order valence-electron chi connectivity index (χ1n) is 7.13. The Morgan fingerprint density at radius 3 is 2.64 bits per heavy atom. The van der Waals surface area contributed by atoms with Gasteiger partial charge < -0.3 is 15.4 Å². The highest BCUT2D eigenvalue weighted by atomic mass is 35.5. The maximum Gasteiger partial charge on any atom is 0.264 e. The summed E-state index contributed by atoms with van der Waals surface area (Å²) in [6.07, 6.45) is 2.78. The summed E-state index contributed by atoms with van der Waals surface area (Å²) in [6.45, 7) is 0.690. The Bertz CT molecular complexity index is 620. The Hall–Kier alpha value is -1.04. The molecule has 0 aromatic heterocycles. The van der Waals surface area contributed by atoms with Crippen LogP contribution in [0, 0.1) is 5.82 Å². The third-order valence-electron chi connectivity index (χ3n) is 4.94. The van der Waals surface area contributed by atoms with Gasteiger partial charge in [0.25, 0.3) is 5.91 Å². The summed E-state index contributed by atoms with van der Waals surface area (Å²) < 4.78 is 19.0. The quantitative estimate of drug-likeness (QED) is 0.914. The number of benzene rings is 1. The number of hydrogen-bond donors (Lipinski definition) is 1. The highest BCUT2D eigenvalue weighted by molar-refractivity contribution is 6.30. The summed E-state index contributed by atoms with van der Waals surface area (Å²) in [5.41, 5.74) is 6.00. The van der Waals surface area contributed by atoms with E-state index in [1.807, 2.05) is 4.90 Å². The van der Waals surface area contributed by atoms with Crippen molar-refractivity contribution in [2.24, 2.45) is 5.73 Å². The van der Waals surface area contributed by atoms with E-state index in [-0.39, 0.29) is 34.4 Å². The van der Waals surface area contributed by atoms with Gasteiger partial charge in [-0.15, -0.1) is 12.4 Å². The number of halogens is 3. The van der Waals surface area contributed by atoms with E-state index in [0.29, 0.717) is 18.7 Å². The van der Waals surface area contributed by atoms with Gasteiger partial charge in [0.2, 0.25) is 0 Å². The van der Waals surface area contributed by atoms with E-state index in [1.54, 1.807) is 6.07 Å². The fourth-order valence-corrected chi connectivity index (χ4v) is 4.16. The van der Waals surface area contributed by atoms with Gasteiger partial charge in [-0.25, -0.2) is 4.39 Å². The zero-order chi connectivity index (χ0) is 14.8. The van der Waals surface area contributed by atoms with Crippen LogP contribution in [0.2, 0.25) is 5.02 Å². The lowest BCUT2D eigenvalue weighted by atomic mass is 9.44. The smallest absolute Gasteiger partial charge is 0.264 e. The number of likely N-dealkylation sites (tertiary alicyclic amines) is 1. The maximum absolute atomic E-state index is 13.4. The van der Waals surface area contributed by atoms with Crippen LogP contribution in [0.1, 0.15) is 25.7 Å². The number of carbonyl (C=O) groups is 1. The van der Waals surface area contributed by atoms with Crippen LogP contribution in [0.5, 0.6) is 5.75 Å². The van der Waals surface area contributed by atoms with Gasteiger partial charge >= 0.3 is 0 Å². The molecule has 1 aliphatic heterocycles. The predicted octanol–water partition coefficient (Wildman–Crippen LogP) is 2.51. The number of ether oxygens (including phenoxy) is 1. The van der Waals surface area contributed by atoms with Gasteiger partial charge in [-0.2, -0.15) is 0 Å². The molecular formula is C15H17Cl2FN2O2. The number of nitrogens with two attached hydrogens (primary N) is 1. The minimum absolute atomic E-state index is 0. The van der Waals surface area contributed by atoms with Crippen molar-refractivity contribution in [3.63, 3.8) is 0 Å². The highest BCUT2D eigenvalue weighted by Gasteiger charge is 2.70. The van der Waals surface area contributed by atoms with Gasteiger partial charge in [0, 0.05) is 30.1 Å². The molecule has 1 heterocycles. The zero-order valence-electron chi connectivity index (χ0n) is 11.9. The monoisotopic (exact) mass is 346 g/mol. The van der Waals surface area contributed by atoms with Crippen molar-refractivity contribution < 1.29 is 13.9 Å². The van der Waals surface area contributed by atoms with Crippen LogP contribution >= 0.6 is 24.0 Å². The van der Waals surface area contributed by atoms with E-state index in [9.17, 15) is 9.18 Å². The van der Waals surface area contributed by atoms with Crippen LogP contribution < -0.4 is 10.5 Å². The highest BCUT2D eigenvalue weighted by Crippen LogP contribution is 2.62. The van der Waals surface area contributed by atoms with Crippen molar-refractivity contribution in [1.82, 2.24) is 4.90 Å². The van der Waals surface area contributed by atoms with Crippen LogP contribution in [0.3, 0.4) is 0 Å². The van der Waals surface area contributed by atoms with Crippen molar-refractivity contribution in [2.45, 2.75) is 42.9 Å². The molecule has 4 nitrogen and oxygen atoms in total. The Balaban J connectivity index is 0.00000144. The number of nitrogens with zero attached hydrogens (tertiary/aromatic N) is 1. The third kappa shape index (κ3) is 2.18. The molecule has 1 unspecified atom stereocenters. The fourth-order valence-electron chi connectivity index (χ4n) is 4.05. The van der Waals surface area contributed by atoms with Gasteiger partial charge in [-0.05, 0) is 31.4 Å². The Morgan fingerprint density at radius 1 is 1.36 bits per heavy atom. The number of amides is 1. The van der Waals surface area contributed by atoms with Gasteiger partial charge in [0.05, 0.1) is 5.02 Å². The largest absolute Gasteiger partial charge is 0.480 e. The van der Waals surface area contributed by atoms with E-state index in [0.717, 1.165) is 19.3 Å². The molecule has 1 atom stereocenters. The van der Waals surface area contributed by atoms with E-state index < -0.39 is 11.9 Å². The molecule has 2 bridgehead atoms. The lowest BCUT2D eigenvalue weighted by molar-refractivity contribution is -0.176. The first-order valence-corrected chi connectivity index (χ1v) is 7.51. The second-order valence-electron chi connectivity index (χ2n) is 6.58. The van der Waals surface area contributed by atoms with E-state index in [1.165, 1.54) is 12.1 Å². The first kappa shape index (κ1) is 15.8. The van der Waals surface area contributed by atoms with Crippen molar-refractivity contribution in [3.05, 3.63) is 29.0 Å². The Labute approximate surface area is 139 Å². The molecule has 0 spiro atoms. The molecule has 1 saturated heterocycles. The number of carbonyl (C=O) groups excluding carboxylic acids is 1. The Kier molecular flexibility index (Phi) is 3.59. The molecule has 7 heteroatoms. The van der Waals surface area contributed by atoms with Gasteiger partial charge in [0.1, 0.15) is 11.6 Å².